The number of carbonyl (C=O) groups excluding carboxylic acids is 1. The number of nitrogens with one attached hydrogen (secondary N) is 1. The summed E-state index contributed by atoms with van der Waals surface area (Å²) >= 11 is 0. The Morgan fingerprint density at radius 3 is 2.73 bits per heavy atom. The Kier molecular flexibility index (Phi) is 4.57. The Morgan fingerprint density at radius 2 is 2.20 bits per heavy atom. The van der Waals surface area contributed by atoms with Crippen LogP contribution in [0.25, 0.3) is 0 Å². The second kappa shape index (κ2) is 5.98. The van der Waals surface area contributed by atoms with E-state index in [0.29, 0.717) is 6.42 Å². The molecule has 0 amide bonds. The van der Waals surface area contributed by atoms with E-state index in [1.54, 1.807) is 6.08 Å². The fourth-order valence-corrected chi connectivity index (χ4v) is 1.09. The molecule has 0 saturated carbocycles. The second-order valence-electron chi connectivity index (χ2n) is 3.21. The first kappa shape index (κ1) is 11.5. The topological polar surface area (TPSA) is 38.3 Å². The molecule has 0 bridgehead atoms. The zero-order valence-corrected chi connectivity index (χ0v) is 8.77. The molecule has 1 aromatic rings. The third-order valence-corrected chi connectivity index (χ3v) is 1.93. The molecule has 1 atom stereocenters. The molecule has 0 heterocycles. The van der Waals surface area contributed by atoms with Crippen molar-refractivity contribution in [1.29, 1.82) is 0 Å². The van der Waals surface area contributed by atoms with Gasteiger partial charge in [-0.1, -0.05) is 24.3 Å². The summed E-state index contributed by atoms with van der Waals surface area (Å²) in [5, 5.41) is 0. The van der Waals surface area contributed by atoms with Crippen molar-refractivity contribution in [2.24, 2.45) is 0 Å². The molecular formula is C12H15NO2. The van der Waals surface area contributed by atoms with Crippen molar-refractivity contribution in [3.63, 3.8) is 0 Å². The lowest BCUT2D eigenvalue weighted by Crippen LogP contribution is -2.23. The highest BCUT2D eigenvalue weighted by Crippen LogP contribution is 2.08. The SMILES string of the molecule is C=CC[C@@H](ONc1ccccc1)C(C)=O. The van der Waals surface area contributed by atoms with Crippen molar-refractivity contribution < 1.29 is 9.63 Å². The van der Waals surface area contributed by atoms with Crippen LogP contribution in [0.5, 0.6) is 0 Å². The minimum Gasteiger partial charge on any atom is -0.297 e. The van der Waals surface area contributed by atoms with E-state index in [9.17, 15) is 4.79 Å². The lowest BCUT2D eigenvalue weighted by atomic mass is 10.2. The van der Waals surface area contributed by atoms with Crippen molar-refractivity contribution in [2.45, 2.75) is 19.4 Å². The molecule has 1 N–H and O–H groups in total. The van der Waals surface area contributed by atoms with Gasteiger partial charge in [-0.05, 0) is 19.1 Å². The molecule has 0 aromatic heterocycles. The maximum Gasteiger partial charge on any atom is 0.161 e. The van der Waals surface area contributed by atoms with Crippen molar-refractivity contribution in [3.8, 4) is 0 Å². The van der Waals surface area contributed by atoms with Gasteiger partial charge in [0.1, 0.15) is 6.10 Å². The van der Waals surface area contributed by atoms with Crippen LogP contribution in [0.4, 0.5) is 5.69 Å². The Hall–Kier alpha value is -1.61. The van der Waals surface area contributed by atoms with Crippen LogP contribution in [0, 0.1) is 0 Å². The highest BCUT2D eigenvalue weighted by Gasteiger charge is 2.12. The highest BCUT2D eigenvalue weighted by molar-refractivity contribution is 5.80. The van der Waals surface area contributed by atoms with Crippen LogP contribution in [0.3, 0.4) is 0 Å². The molecule has 3 heteroatoms. The molecule has 0 saturated heterocycles. The third kappa shape index (κ3) is 3.95. The number of para-hydroxylation sites is 1. The van der Waals surface area contributed by atoms with Crippen molar-refractivity contribution in [1.82, 2.24) is 0 Å². The number of hydrogen-bond donors (Lipinski definition) is 1. The van der Waals surface area contributed by atoms with Gasteiger partial charge in [0, 0.05) is 6.42 Å². The van der Waals surface area contributed by atoms with Crippen molar-refractivity contribution in [3.05, 3.63) is 43.0 Å². The van der Waals surface area contributed by atoms with E-state index < -0.39 is 6.10 Å². The summed E-state index contributed by atoms with van der Waals surface area (Å²) in [6, 6.07) is 9.43. The van der Waals surface area contributed by atoms with Crippen molar-refractivity contribution in [2.75, 3.05) is 5.48 Å². The van der Waals surface area contributed by atoms with E-state index in [1.165, 1.54) is 6.92 Å². The van der Waals surface area contributed by atoms with E-state index in [-0.39, 0.29) is 5.78 Å². The second-order valence-corrected chi connectivity index (χ2v) is 3.21. The quantitative estimate of drug-likeness (QED) is 0.573. The summed E-state index contributed by atoms with van der Waals surface area (Å²) in [4.78, 5) is 16.4. The van der Waals surface area contributed by atoms with Crippen LogP contribution in [0.1, 0.15) is 13.3 Å². The Labute approximate surface area is 89.7 Å². The summed E-state index contributed by atoms with van der Waals surface area (Å²) in [6.45, 7) is 5.08. The molecule has 0 radical (unpaired) electrons. The maximum atomic E-state index is 11.1. The monoisotopic (exact) mass is 205 g/mol. The number of benzene rings is 1. The lowest BCUT2D eigenvalue weighted by molar-refractivity contribution is -0.126. The Morgan fingerprint density at radius 1 is 1.53 bits per heavy atom. The van der Waals surface area contributed by atoms with Gasteiger partial charge < -0.3 is 0 Å². The predicted molar refractivity (Wildman–Crippen MR) is 60.4 cm³/mol. The molecule has 0 unspecified atom stereocenters. The molecule has 1 aromatic carbocycles. The van der Waals surface area contributed by atoms with Gasteiger partial charge in [0.2, 0.25) is 0 Å². The summed E-state index contributed by atoms with van der Waals surface area (Å²) in [6.07, 6.45) is 1.70. The normalized spacial score (nSPS) is 11.8. The molecule has 1 rings (SSSR count). The number of hydrogen-bond acceptors (Lipinski definition) is 3. The van der Waals surface area contributed by atoms with Crippen LogP contribution in [0.2, 0.25) is 0 Å². The molecule has 0 spiro atoms. The van der Waals surface area contributed by atoms with Crippen LogP contribution >= 0.6 is 0 Å². The summed E-state index contributed by atoms with van der Waals surface area (Å²) < 4.78 is 0. The van der Waals surface area contributed by atoms with Crippen molar-refractivity contribution >= 4 is 11.5 Å². The minimum atomic E-state index is -0.470. The first-order chi connectivity index (χ1) is 7.24. The zero-order valence-electron chi connectivity index (χ0n) is 8.77. The van der Waals surface area contributed by atoms with Gasteiger partial charge in [0.15, 0.2) is 5.78 Å². The summed E-state index contributed by atoms with van der Waals surface area (Å²) in [7, 11) is 0. The summed E-state index contributed by atoms with van der Waals surface area (Å²) in [5.74, 6) is -0.0154. The van der Waals surface area contributed by atoms with Crippen LogP contribution in [0.15, 0.2) is 43.0 Å². The number of rotatable bonds is 6. The Bertz CT molecular complexity index is 322. The molecule has 80 valence electrons. The van der Waals surface area contributed by atoms with Gasteiger partial charge in [-0.2, -0.15) is 0 Å². The first-order valence-electron chi connectivity index (χ1n) is 4.82. The molecule has 0 aliphatic rings. The molecule has 0 aliphatic carbocycles. The van der Waals surface area contributed by atoms with E-state index in [1.807, 2.05) is 30.3 Å². The number of carbonyl (C=O) groups is 1. The lowest BCUT2D eigenvalue weighted by Gasteiger charge is -2.13. The van der Waals surface area contributed by atoms with Gasteiger partial charge in [0.25, 0.3) is 0 Å². The van der Waals surface area contributed by atoms with E-state index in [0.717, 1.165) is 5.69 Å². The molecule has 0 aliphatic heterocycles. The smallest absolute Gasteiger partial charge is 0.161 e. The number of Topliss-reactive ketones (excluding diaryl/α,β-unsaturated/α-hetero) is 1. The van der Waals surface area contributed by atoms with E-state index in [4.69, 9.17) is 4.84 Å². The predicted octanol–water partition coefficient (Wildman–Crippen LogP) is 2.56. The average molecular weight is 205 g/mol. The fraction of sp³-hybridized carbons (Fsp3) is 0.250. The third-order valence-electron chi connectivity index (χ3n) is 1.93. The Balaban J connectivity index is 2.47. The largest absolute Gasteiger partial charge is 0.297 e. The summed E-state index contributed by atoms with van der Waals surface area (Å²) in [5.41, 5.74) is 3.57. The van der Waals surface area contributed by atoms with Gasteiger partial charge in [0.05, 0.1) is 5.69 Å². The van der Waals surface area contributed by atoms with Crippen LogP contribution in [-0.2, 0) is 9.63 Å². The van der Waals surface area contributed by atoms with Gasteiger partial charge in [-0.15, -0.1) is 6.58 Å². The van der Waals surface area contributed by atoms with E-state index >= 15 is 0 Å². The molecule has 15 heavy (non-hydrogen) atoms. The van der Waals surface area contributed by atoms with Gasteiger partial charge in [-0.3, -0.25) is 15.1 Å². The van der Waals surface area contributed by atoms with Gasteiger partial charge >= 0.3 is 0 Å². The first-order valence-corrected chi connectivity index (χ1v) is 4.82. The standard InChI is InChI=1S/C12H15NO2/c1-3-7-12(10(2)14)15-13-11-8-5-4-6-9-11/h3-6,8-9,12-13H,1,7H2,2H3/t12-/m1/s1. The zero-order chi connectivity index (χ0) is 11.1. The van der Waals surface area contributed by atoms with Crippen LogP contribution in [-0.4, -0.2) is 11.9 Å². The highest BCUT2D eigenvalue weighted by atomic mass is 16.7. The number of ketones is 1. The molecule has 3 nitrogen and oxygen atoms in total. The maximum absolute atomic E-state index is 11.1. The minimum absolute atomic E-state index is 0.0154. The molecule has 0 fully saturated rings. The molecular weight excluding hydrogens is 190 g/mol. The van der Waals surface area contributed by atoms with Crippen LogP contribution < -0.4 is 5.48 Å². The van der Waals surface area contributed by atoms with E-state index in [2.05, 4.69) is 12.1 Å². The number of anilines is 1. The average Bonchev–Trinajstić information content (AvgIpc) is 2.25. The fourth-order valence-electron chi connectivity index (χ4n) is 1.09. The van der Waals surface area contributed by atoms with Gasteiger partial charge in [-0.25, -0.2) is 0 Å².